The van der Waals surface area contributed by atoms with Gasteiger partial charge in [0.25, 0.3) is 5.56 Å². The van der Waals surface area contributed by atoms with Crippen LogP contribution in [0.5, 0.6) is 0 Å². The van der Waals surface area contributed by atoms with Gasteiger partial charge in [-0.3, -0.25) is 4.79 Å². The zero-order valence-corrected chi connectivity index (χ0v) is 12.7. The van der Waals surface area contributed by atoms with Gasteiger partial charge in [0.15, 0.2) is 5.13 Å². The highest BCUT2D eigenvalue weighted by atomic mass is 32.1. The Morgan fingerprint density at radius 3 is 2.90 bits per heavy atom. The Labute approximate surface area is 122 Å². The van der Waals surface area contributed by atoms with Crippen molar-refractivity contribution in [2.75, 3.05) is 5.73 Å². The summed E-state index contributed by atoms with van der Waals surface area (Å²) in [5.74, 6) is 0.452. The summed E-state index contributed by atoms with van der Waals surface area (Å²) in [5.41, 5.74) is 9.69. The van der Waals surface area contributed by atoms with Crippen molar-refractivity contribution in [3.8, 4) is 11.3 Å². The van der Waals surface area contributed by atoms with Gasteiger partial charge in [-0.15, -0.1) is 11.3 Å². The number of hydrogen-bond acceptors (Lipinski definition) is 4. The first-order valence-corrected chi connectivity index (χ1v) is 7.91. The smallest absolute Gasteiger partial charge is 0.260 e. The van der Waals surface area contributed by atoms with Gasteiger partial charge in [0.05, 0.1) is 11.3 Å². The van der Waals surface area contributed by atoms with Gasteiger partial charge >= 0.3 is 0 Å². The number of hydrogen-bond donors (Lipinski definition) is 1. The van der Waals surface area contributed by atoms with Crippen LogP contribution in [0.4, 0.5) is 5.13 Å². The van der Waals surface area contributed by atoms with Crippen LogP contribution in [0.25, 0.3) is 11.3 Å². The highest BCUT2D eigenvalue weighted by molar-refractivity contribution is 7.13. The van der Waals surface area contributed by atoms with E-state index in [9.17, 15) is 4.79 Å². The number of nitrogens with zero attached hydrogens (tertiary/aromatic N) is 2. The van der Waals surface area contributed by atoms with E-state index < -0.39 is 0 Å². The topological polar surface area (TPSA) is 60.9 Å². The second kappa shape index (κ2) is 5.05. The predicted octanol–water partition coefficient (Wildman–Crippen LogP) is 2.70. The molecule has 0 aliphatic heterocycles. The van der Waals surface area contributed by atoms with Crippen LogP contribution < -0.4 is 11.3 Å². The molecule has 106 valence electrons. The summed E-state index contributed by atoms with van der Waals surface area (Å²) in [6.45, 7) is 5.05. The molecule has 0 unspecified atom stereocenters. The fraction of sp³-hybridized carbons (Fsp3) is 0.467. The molecule has 2 aromatic heterocycles. The Bertz CT molecular complexity index is 700. The van der Waals surface area contributed by atoms with Crippen molar-refractivity contribution < 1.29 is 0 Å². The van der Waals surface area contributed by atoms with E-state index in [-0.39, 0.29) is 5.56 Å². The van der Waals surface area contributed by atoms with Gasteiger partial charge in [-0.25, -0.2) is 4.98 Å². The standard InChI is InChI=1S/C15H19N3OS/c1-9(2)7-18-13-5-3-4-10(13)6-11(14(18)19)12-8-20-15(16)17-12/h6,8-9H,3-5,7H2,1-2H3,(H2,16,17). The Balaban J connectivity index is 2.19. The zero-order valence-electron chi connectivity index (χ0n) is 11.8. The molecule has 0 fully saturated rings. The third-order valence-electron chi connectivity index (χ3n) is 3.70. The van der Waals surface area contributed by atoms with E-state index in [4.69, 9.17) is 5.73 Å². The molecule has 2 heterocycles. The molecule has 2 N–H and O–H groups in total. The van der Waals surface area contributed by atoms with Crippen LogP contribution in [0.1, 0.15) is 31.5 Å². The van der Waals surface area contributed by atoms with E-state index in [1.807, 2.05) is 16.0 Å². The maximum atomic E-state index is 12.8. The zero-order chi connectivity index (χ0) is 14.3. The molecular formula is C15H19N3OS. The fourth-order valence-electron chi connectivity index (χ4n) is 2.87. The van der Waals surface area contributed by atoms with E-state index in [0.29, 0.717) is 22.3 Å². The molecule has 0 spiro atoms. The summed E-state index contributed by atoms with van der Waals surface area (Å²) >= 11 is 1.38. The van der Waals surface area contributed by atoms with E-state index in [1.54, 1.807) is 0 Å². The monoisotopic (exact) mass is 289 g/mol. The third-order valence-corrected chi connectivity index (χ3v) is 4.37. The first-order chi connectivity index (χ1) is 9.56. The lowest BCUT2D eigenvalue weighted by atomic mass is 10.1. The maximum Gasteiger partial charge on any atom is 0.260 e. The lowest BCUT2D eigenvalue weighted by Crippen LogP contribution is -2.27. The first kappa shape index (κ1) is 13.4. The normalized spacial score (nSPS) is 13.9. The maximum absolute atomic E-state index is 12.8. The number of pyridine rings is 1. The second-order valence-electron chi connectivity index (χ2n) is 5.76. The molecule has 20 heavy (non-hydrogen) atoms. The Morgan fingerprint density at radius 2 is 2.25 bits per heavy atom. The predicted molar refractivity (Wildman–Crippen MR) is 83.1 cm³/mol. The van der Waals surface area contributed by atoms with E-state index in [0.717, 1.165) is 25.8 Å². The highest BCUT2D eigenvalue weighted by Gasteiger charge is 2.21. The molecule has 1 aliphatic rings. The minimum Gasteiger partial charge on any atom is -0.375 e. The first-order valence-electron chi connectivity index (χ1n) is 7.03. The summed E-state index contributed by atoms with van der Waals surface area (Å²) in [5, 5.41) is 2.38. The largest absolute Gasteiger partial charge is 0.375 e. The van der Waals surface area contributed by atoms with Crippen LogP contribution in [0.2, 0.25) is 0 Å². The lowest BCUT2D eigenvalue weighted by molar-refractivity contribution is 0.498. The van der Waals surface area contributed by atoms with Crippen molar-refractivity contribution in [3.63, 3.8) is 0 Å². The molecule has 0 radical (unpaired) electrons. The number of rotatable bonds is 3. The second-order valence-corrected chi connectivity index (χ2v) is 6.65. The van der Waals surface area contributed by atoms with Gasteiger partial charge < -0.3 is 10.3 Å². The summed E-state index contributed by atoms with van der Waals surface area (Å²) in [6, 6.07) is 2.02. The van der Waals surface area contributed by atoms with Gasteiger partial charge in [0.2, 0.25) is 0 Å². The van der Waals surface area contributed by atoms with Crippen molar-refractivity contribution in [2.45, 2.75) is 39.7 Å². The lowest BCUT2D eigenvalue weighted by Gasteiger charge is -2.16. The third kappa shape index (κ3) is 2.26. The summed E-state index contributed by atoms with van der Waals surface area (Å²) < 4.78 is 1.96. The van der Waals surface area contributed by atoms with Gasteiger partial charge in [-0.1, -0.05) is 13.8 Å². The SMILES string of the molecule is CC(C)Cn1c2c(cc(-c3csc(N)n3)c1=O)CCC2. The summed E-state index contributed by atoms with van der Waals surface area (Å²) in [6.07, 6.45) is 3.20. The molecule has 0 amide bonds. The van der Waals surface area contributed by atoms with Gasteiger partial charge in [0, 0.05) is 17.6 Å². The average molecular weight is 289 g/mol. The number of fused-ring (bicyclic) bond motifs is 1. The number of aromatic nitrogens is 2. The summed E-state index contributed by atoms with van der Waals surface area (Å²) in [7, 11) is 0. The van der Waals surface area contributed by atoms with Gasteiger partial charge in [0.1, 0.15) is 0 Å². The Hall–Kier alpha value is -1.62. The average Bonchev–Trinajstić information content (AvgIpc) is 3.00. The number of nitrogens with two attached hydrogens (primary N) is 1. The van der Waals surface area contributed by atoms with E-state index in [2.05, 4.69) is 18.8 Å². The van der Waals surface area contributed by atoms with Crippen molar-refractivity contribution >= 4 is 16.5 Å². The molecule has 3 rings (SSSR count). The Morgan fingerprint density at radius 1 is 1.45 bits per heavy atom. The van der Waals surface area contributed by atoms with E-state index in [1.165, 1.54) is 22.6 Å². The number of anilines is 1. The minimum atomic E-state index is 0.0738. The summed E-state index contributed by atoms with van der Waals surface area (Å²) in [4.78, 5) is 17.0. The number of aryl methyl sites for hydroxylation is 1. The number of nitrogen functional groups attached to an aromatic ring is 1. The van der Waals surface area contributed by atoms with Gasteiger partial charge in [-0.2, -0.15) is 0 Å². The van der Waals surface area contributed by atoms with Crippen LogP contribution >= 0.6 is 11.3 Å². The van der Waals surface area contributed by atoms with Crippen molar-refractivity contribution in [1.82, 2.24) is 9.55 Å². The molecular weight excluding hydrogens is 270 g/mol. The molecule has 0 saturated heterocycles. The van der Waals surface area contributed by atoms with Gasteiger partial charge in [-0.05, 0) is 36.8 Å². The highest BCUT2D eigenvalue weighted by Crippen LogP contribution is 2.27. The molecule has 4 nitrogen and oxygen atoms in total. The number of thiazole rings is 1. The van der Waals surface area contributed by atoms with Crippen LogP contribution in [0.15, 0.2) is 16.2 Å². The molecule has 0 bridgehead atoms. The molecule has 5 heteroatoms. The quantitative estimate of drug-likeness (QED) is 0.945. The van der Waals surface area contributed by atoms with Crippen molar-refractivity contribution in [3.05, 3.63) is 33.1 Å². The fourth-order valence-corrected chi connectivity index (χ4v) is 3.44. The van der Waals surface area contributed by atoms with Crippen LogP contribution in [-0.4, -0.2) is 9.55 Å². The Kier molecular flexibility index (Phi) is 3.38. The molecule has 0 saturated carbocycles. The van der Waals surface area contributed by atoms with Crippen LogP contribution in [0, 0.1) is 5.92 Å². The molecule has 2 aromatic rings. The van der Waals surface area contributed by atoms with Crippen LogP contribution in [-0.2, 0) is 19.4 Å². The molecule has 0 aromatic carbocycles. The van der Waals surface area contributed by atoms with E-state index >= 15 is 0 Å². The minimum absolute atomic E-state index is 0.0738. The van der Waals surface area contributed by atoms with Crippen molar-refractivity contribution in [1.29, 1.82) is 0 Å². The molecule has 1 aliphatic carbocycles. The van der Waals surface area contributed by atoms with Crippen molar-refractivity contribution in [2.24, 2.45) is 5.92 Å². The van der Waals surface area contributed by atoms with Crippen LogP contribution in [0.3, 0.4) is 0 Å². The molecule has 0 atom stereocenters.